The molecule has 0 bridgehead atoms. The molecule has 1 aliphatic heterocycles. The topological polar surface area (TPSA) is 77.1 Å². The number of methoxy groups -OCH3 is 3. The molecule has 3 rings (SSSR count). The maximum Gasteiger partial charge on any atom is 0.229 e. The van der Waals surface area contributed by atoms with Crippen LogP contribution in [0.5, 0.6) is 17.2 Å². The zero-order valence-corrected chi connectivity index (χ0v) is 16.4. The Bertz CT molecular complexity index is 896. The SMILES string of the molecule is COc1ccc(OC)c(NC(=O)[C@H]2CC(=O)N(c3cc(C)ccc3OC)C2)c1. The van der Waals surface area contributed by atoms with Crippen LogP contribution in [-0.2, 0) is 9.59 Å². The highest BCUT2D eigenvalue weighted by Gasteiger charge is 2.36. The highest BCUT2D eigenvalue weighted by atomic mass is 16.5. The maximum atomic E-state index is 12.8. The van der Waals surface area contributed by atoms with Gasteiger partial charge in [0.25, 0.3) is 0 Å². The number of ether oxygens (including phenoxy) is 3. The molecule has 1 aliphatic rings. The van der Waals surface area contributed by atoms with Gasteiger partial charge in [0.2, 0.25) is 11.8 Å². The van der Waals surface area contributed by atoms with Gasteiger partial charge >= 0.3 is 0 Å². The Morgan fingerprint density at radius 2 is 1.75 bits per heavy atom. The Morgan fingerprint density at radius 1 is 1.04 bits per heavy atom. The van der Waals surface area contributed by atoms with Crippen LogP contribution >= 0.6 is 0 Å². The average Bonchev–Trinajstić information content (AvgIpc) is 3.09. The predicted molar refractivity (Wildman–Crippen MR) is 106 cm³/mol. The Hall–Kier alpha value is -3.22. The van der Waals surface area contributed by atoms with E-state index in [1.165, 1.54) is 7.11 Å². The van der Waals surface area contributed by atoms with Crippen LogP contribution in [0.1, 0.15) is 12.0 Å². The van der Waals surface area contributed by atoms with Crippen molar-refractivity contribution in [2.75, 3.05) is 38.1 Å². The molecule has 7 nitrogen and oxygen atoms in total. The molecule has 1 saturated heterocycles. The number of hydrogen-bond acceptors (Lipinski definition) is 5. The molecule has 7 heteroatoms. The number of hydrogen-bond donors (Lipinski definition) is 1. The molecule has 0 aromatic heterocycles. The average molecular weight is 384 g/mol. The number of aryl methyl sites for hydroxylation is 1. The lowest BCUT2D eigenvalue weighted by Gasteiger charge is -2.20. The Kier molecular flexibility index (Phi) is 5.73. The lowest BCUT2D eigenvalue weighted by molar-refractivity contribution is -0.122. The monoisotopic (exact) mass is 384 g/mol. The Balaban J connectivity index is 1.79. The highest BCUT2D eigenvalue weighted by molar-refractivity contribution is 6.04. The van der Waals surface area contributed by atoms with Crippen LogP contribution in [0.4, 0.5) is 11.4 Å². The van der Waals surface area contributed by atoms with Crippen LogP contribution in [0, 0.1) is 12.8 Å². The third-order valence-electron chi connectivity index (χ3n) is 4.79. The number of nitrogens with zero attached hydrogens (tertiary/aromatic N) is 1. The van der Waals surface area contributed by atoms with Crippen molar-refractivity contribution in [1.82, 2.24) is 0 Å². The summed E-state index contributed by atoms with van der Waals surface area (Å²) in [6.07, 6.45) is 0.134. The van der Waals surface area contributed by atoms with Gasteiger partial charge in [-0.1, -0.05) is 6.07 Å². The zero-order valence-electron chi connectivity index (χ0n) is 16.4. The molecule has 28 heavy (non-hydrogen) atoms. The third kappa shape index (κ3) is 3.88. The summed E-state index contributed by atoms with van der Waals surface area (Å²) in [6.45, 7) is 2.24. The Labute approximate surface area is 164 Å². The molecule has 0 saturated carbocycles. The van der Waals surface area contributed by atoms with E-state index in [9.17, 15) is 9.59 Å². The molecule has 1 fully saturated rings. The van der Waals surface area contributed by atoms with Crippen LogP contribution in [-0.4, -0.2) is 39.7 Å². The van der Waals surface area contributed by atoms with Crippen LogP contribution in [0.15, 0.2) is 36.4 Å². The van der Waals surface area contributed by atoms with E-state index in [2.05, 4.69) is 5.32 Å². The quantitative estimate of drug-likeness (QED) is 0.828. The number of nitrogens with one attached hydrogen (secondary N) is 1. The summed E-state index contributed by atoms with van der Waals surface area (Å²) in [6, 6.07) is 10.8. The normalized spacial score (nSPS) is 16.1. The fraction of sp³-hybridized carbons (Fsp3) is 0.333. The summed E-state index contributed by atoms with van der Waals surface area (Å²) in [7, 11) is 4.65. The van der Waals surface area contributed by atoms with Crippen LogP contribution in [0.25, 0.3) is 0 Å². The molecular weight excluding hydrogens is 360 g/mol. The number of anilines is 2. The summed E-state index contributed by atoms with van der Waals surface area (Å²) in [5.74, 6) is 0.902. The van der Waals surface area contributed by atoms with E-state index < -0.39 is 5.92 Å². The van der Waals surface area contributed by atoms with Crippen molar-refractivity contribution in [3.8, 4) is 17.2 Å². The minimum atomic E-state index is -0.478. The van der Waals surface area contributed by atoms with E-state index in [1.54, 1.807) is 37.3 Å². The fourth-order valence-electron chi connectivity index (χ4n) is 3.27. The molecule has 0 radical (unpaired) electrons. The molecule has 1 heterocycles. The second-order valence-electron chi connectivity index (χ2n) is 6.64. The maximum absolute atomic E-state index is 12.8. The second-order valence-corrected chi connectivity index (χ2v) is 6.64. The molecule has 2 aromatic carbocycles. The smallest absolute Gasteiger partial charge is 0.229 e. The van der Waals surface area contributed by atoms with Gasteiger partial charge in [0.15, 0.2) is 0 Å². The molecule has 1 N–H and O–H groups in total. The van der Waals surface area contributed by atoms with Gasteiger partial charge in [-0.25, -0.2) is 0 Å². The van der Waals surface area contributed by atoms with Crippen LogP contribution in [0.2, 0.25) is 0 Å². The predicted octanol–water partition coefficient (Wildman–Crippen LogP) is 3.01. The van der Waals surface area contributed by atoms with Crippen molar-refractivity contribution in [3.05, 3.63) is 42.0 Å². The van der Waals surface area contributed by atoms with E-state index in [0.29, 0.717) is 28.6 Å². The van der Waals surface area contributed by atoms with Gasteiger partial charge < -0.3 is 24.4 Å². The minimum Gasteiger partial charge on any atom is -0.497 e. The van der Waals surface area contributed by atoms with Crippen LogP contribution in [0.3, 0.4) is 0 Å². The van der Waals surface area contributed by atoms with Crippen molar-refractivity contribution in [1.29, 1.82) is 0 Å². The first-order valence-electron chi connectivity index (χ1n) is 8.94. The first-order valence-corrected chi connectivity index (χ1v) is 8.94. The number of amides is 2. The molecule has 0 unspecified atom stereocenters. The number of carbonyl (C=O) groups is 2. The van der Waals surface area contributed by atoms with Crippen molar-refractivity contribution in [2.45, 2.75) is 13.3 Å². The van der Waals surface area contributed by atoms with Gasteiger partial charge in [0, 0.05) is 19.0 Å². The number of benzene rings is 2. The van der Waals surface area contributed by atoms with E-state index >= 15 is 0 Å². The number of carbonyl (C=O) groups excluding carboxylic acids is 2. The van der Waals surface area contributed by atoms with Crippen molar-refractivity contribution >= 4 is 23.2 Å². The summed E-state index contributed by atoms with van der Waals surface area (Å²) in [5, 5.41) is 2.86. The van der Waals surface area contributed by atoms with Gasteiger partial charge in [-0.15, -0.1) is 0 Å². The van der Waals surface area contributed by atoms with E-state index in [-0.39, 0.29) is 24.8 Å². The minimum absolute atomic E-state index is 0.110. The van der Waals surface area contributed by atoms with Crippen molar-refractivity contribution in [3.63, 3.8) is 0 Å². The van der Waals surface area contributed by atoms with E-state index in [0.717, 1.165) is 5.56 Å². The Morgan fingerprint density at radius 3 is 2.43 bits per heavy atom. The van der Waals surface area contributed by atoms with E-state index in [1.807, 2.05) is 25.1 Å². The van der Waals surface area contributed by atoms with E-state index in [4.69, 9.17) is 14.2 Å². The molecule has 2 aromatic rings. The van der Waals surface area contributed by atoms with Gasteiger partial charge in [-0.3, -0.25) is 9.59 Å². The van der Waals surface area contributed by atoms with Gasteiger partial charge in [-0.05, 0) is 36.8 Å². The van der Waals surface area contributed by atoms with Crippen molar-refractivity contribution in [2.24, 2.45) is 5.92 Å². The first kappa shape index (κ1) is 19.5. The lowest BCUT2D eigenvalue weighted by Crippen LogP contribution is -2.28. The van der Waals surface area contributed by atoms with Gasteiger partial charge in [-0.2, -0.15) is 0 Å². The zero-order chi connectivity index (χ0) is 20.3. The molecule has 1 atom stereocenters. The largest absolute Gasteiger partial charge is 0.497 e. The molecule has 148 valence electrons. The summed E-state index contributed by atoms with van der Waals surface area (Å²) in [5.41, 5.74) is 2.20. The second kappa shape index (κ2) is 8.21. The number of rotatable bonds is 6. The highest BCUT2D eigenvalue weighted by Crippen LogP contribution is 2.35. The van der Waals surface area contributed by atoms with Gasteiger partial charge in [0.05, 0.1) is 38.6 Å². The third-order valence-corrected chi connectivity index (χ3v) is 4.79. The molecule has 0 aliphatic carbocycles. The standard InChI is InChI=1S/C21H24N2O5/c1-13-5-7-19(28-4)17(9-13)23-12-14(10-20(23)24)21(25)22-16-11-15(26-2)6-8-18(16)27-3/h5-9,11,14H,10,12H2,1-4H3,(H,22,25)/t14-/m0/s1. The summed E-state index contributed by atoms with van der Waals surface area (Å²) in [4.78, 5) is 27.0. The summed E-state index contributed by atoms with van der Waals surface area (Å²) < 4.78 is 15.9. The first-order chi connectivity index (χ1) is 13.5. The molecule has 2 amide bonds. The molecule has 0 spiro atoms. The molecular formula is C21H24N2O5. The van der Waals surface area contributed by atoms with Crippen molar-refractivity contribution < 1.29 is 23.8 Å². The fourth-order valence-corrected chi connectivity index (χ4v) is 3.27. The van der Waals surface area contributed by atoms with Gasteiger partial charge in [0.1, 0.15) is 17.2 Å². The van der Waals surface area contributed by atoms with Crippen LogP contribution < -0.4 is 24.4 Å². The lowest BCUT2D eigenvalue weighted by atomic mass is 10.1. The summed E-state index contributed by atoms with van der Waals surface area (Å²) >= 11 is 0.